The van der Waals surface area contributed by atoms with Crippen molar-refractivity contribution in [2.75, 3.05) is 38.2 Å². The van der Waals surface area contributed by atoms with E-state index in [2.05, 4.69) is 20.4 Å². The van der Waals surface area contributed by atoms with Crippen LogP contribution in [0, 0.1) is 13.8 Å². The van der Waals surface area contributed by atoms with Gasteiger partial charge in [-0.1, -0.05) is 23.8 Å². The summed E-state index contributed by atoms with van der Waals surface area (Å²) in [6.07, 6.45) is -0.712. The minimum atomic E-state index is -0.712. The number of β-amino-alcohol motifs (C(OH)–C–C–N with tert-alkyl or cyclic N) is 1. The molecule has 2 aromatic carbocycles. The first-order chi connectivity index (χ1) is 17.0. The first kappa shape index (κ1) is 23.2. The number of hydrogen-bond acceptors (Lipinski definition) is 6. The number of nitrogens with one attached hydrogen (secondary N) is 2. The molecule has 4 aromatic rings. The SMILES string of the molecule is Cc1cccc(C(=O)Nc2ccc(C)c(-c3ccc4c(C(O)CN5CCOCC5)n[nH]c4n3)c2)c1. The van der Waals surface area contributed by atoms with Crippen LogP contribution in [0.4, 0.5) is 5.69 Å². The highest BCUT2D eigenvalue weighted by atomic mass is 16.5. The molecular weight excluding hydrogens is 442 g/mol. The summed E-state index contributed by atoms with van der Waals surface area (Å²) in [7, 11) is 0. The highest BCUT2D eigenvalue weighted by Crippen LogP contribution is 2.29. The van der Waals surface area contributed by atoms with Gasteiger partial charge in [0.25, 0.3) is 5.91 Å². The van der Waals surface area contributed by atoms with Crippen LogP contribution in [-0.2, 0) is 4.74 Å². The molecule has 1 unspecified atom stereocenters. The summed E-state index contributed by atoms with van der Waals surface area (Å²) >= 11 is 0. The number of aryl methyl sites for hydroxylation is 2. The van der Waals surface area contributed by atoms with Crippen LogP contribution in [0.2, 0.25) is 0 Å². The maximum atomic E-state index is 12.7. The Morgan fingerprint density at radius 3 is 2.77 bits per heavy atom. The number of nitrogens with zero attached hydrogens (tertiary/aromatic N) is 3. The molecule has 2 aromatic heterocycles. The third kappa shape index (κ3) is 5.09. The van der Waals surface area contributed by atoms with E-state index in [1.54, 1.807) is 6.07 Å². The average molecular weight is 472 g/mol. The Morgan fingerprint density at radius 2 is 1.97 bits per heavy atom. The van der Waals surface area contributed by atoms with Gasteiger partial charge in [0.15, 0.2) is 5.65 Å². The van der Waals surface area contributed by atoms with Gasteiger partial charge in [0, 0.05) is 41.8 Å². The van der Waals surface area contributed by atoms with E-state index < -0.39 is 6.10 Å². The molecule has 1 fully saturated rings. The van der Waals surface area contributed by atoms with Gasteiger partial charge < -0.3 is 15.2 Å². The van der Waals surface area contributed by atoms with Crippen molar-refractivity contribution in [3.63, 3.8) is 0 Å². The van der Waals surface area contributed by atoms with E-state index in [4.69, 9.17) is 9.72 Å². The predicted octanol–water partition coefficient (Wildman–Crippen LogP) is 3.86. The monoisotopic (exact) mass is 471 g/mol. The Morgan fingerprint density at radius 1 is 1.14 bits per heavy atom. The lowest BCUT2D eigenvalue weighted by Crippen LogP contribution is -2.38. The van der Waals surface area contributed by atoms with Crippen molar-refractivity contribution in [2.24, 2.45) is 0 Å². The van der Waals surface area contributed by atoms with Gasteiger partial charge >= 0.3 is 0 Å². The van der Waals surface area contributed by atoms with Crippen LogP contribution in [0.5, 0.6) is 0 Å². The third-order valence-electron chi connectivity index (χ3n) is 6.36. The fourth-order valence-electron chi connectivity index (χ4n) is 4.41. The average Bonchev–Trinajstić information content (AvgIpc) is 3.29. The van der Waals surface area contributed by atoms with E-state index in [0.717, 1.165) is 40.9 Å². The molecule has 0 saturated carbocycles. The van der Waals surface area contributed by atoms with Crippen molar-refractivity contribution in [2.45, 2.75) is 20.0 Å². The first-order valence-corrected chi connectivity index (χ1v) is 11.8. The maximum absolute atomic E-state index is 12.7. The molecule has 1 saturated heterocycles. The van der Waals surface area contributed by atoms with Crippen molar-refractivity contribution in [1.29, 1.82) is 0 Å². The number of H-pyrrole nitrogens is 1. The molecule has 0 bridgehead atoms. The lowest BCUT2D eigenvalue weighted by Gasteiger charge is -2.28. The number of aliphatic hydroxyl groups excluding tert-OH is 1. The van der Waals surface area contributed by atoms with E-state index in [-0.39, 0.29) is 5.91 Å². The number of rotatable bonds is 6. The van der Waals surface area contributed by atoms with Gasteiger partial charge in [-0.25, -0.2) is 4.98 Å². The van der Waals surface area contributed by atoms with E-state index in [1.165, 1.54) is 0 Å². The van der Waals surface area contributed by atoms with E-state index >= 15 is 0 Å². The summed E-state index contributed by atoms with van der Waals surface area (Å²) in [4.78, 5) is 19.7. The second-order valence-corrected chi connectivity index (χ2v) is 8.98. The highest BCUT2D eigenvalue weighted by molar-refractivity contribution is 6.04. The number of morpholine rings is 1. The van der Waals surface area contributed by atoms with Crippen LogP contribution in [0.15, 0.2) is 54.6 Å². The molecule has 3 heterocycles. The normalized spacial score (nSPS) is 15.3. The number of aromatic nitrogens is 3. The summed E-state index contributed by atoms with van der Waals surface area (Å²) in [5, 5.41) is 21.9. The number of aromatic amines is 1. The van der Waals surface area contributed by atoms with Gasteiger partial charge in [-0.2, -0.15) is 5.10 Å². The number of amides is 1. The summed E-state index contributed by atoms with van der Waals surface area (Å²) in [5.74, 6) is -0.153. The van der Waals surface area contributed by atoms with Crippen molar-refractivity contribution < 1.29 is 14.6 Å². The van der Waals surface area contributed by atoms with Crippen molar-refractivity contribution in [3.8, 4) is 11.3 Å². The molecule has 8 nitrogen and oxygen atoms in total. The Labute approximate surface area is 204 Å². The predicted molar refractivity (Wildman–Crippen MR) is 135 cm³/mol. The largest absolute Gasteiger partial charge is 0.385 e. The molecule has 0 aliphatic carbocycles. The second-order valence-electron chi connectivity index (χ2n) is 8.98. The number of anilines is 1. The van der Waals surface area contributed by atoms with Crippen LogP contribution >= 0.6 is 0 Å². The molecule has 1 atom stereocenters. The van der Waals surface area contributed by atoms with Crippen LogP contribution in [0.3, 0.4) is 0 Å². The van der Waals surface area contributed by atoms with Gasteiger partial charge in [-0.15, -0.1) is 0 Å². The first-order valence-electron chi connectivity index (χ1n) is 11.8. The molecule has 5 rings (SSSR count). The number of aliphatic hydroxyl groups is 1. The zero-order chi connectivity index (χ0) is 24.4. The molecule has 180 valence electrons. The second kappa shape index (κ2) is 9.95. The summed E-state index contributed by atoms with van der Waals surface area (Å²) in [6.45, 7) is 7.46. The maximum Gasteiger partial charge on any atom is 0.255 e. The van der Waals surface area contributed by atoms with E-state index in [0.29, 0.717) is 42.4 Å². The van der Waals surface area contributed by atoms with Crippen LogP contribution < -0.4 is 5.32 Å². The Bertz CT molecular complexity index is 1360. The molecule has 0 spiro atoms. The number of carbonyl (C=O) groups excluding carboxylic acids is 1. The van der Waals surface area contributed by atoms with Gasteiger partial charge in [0.05, 0.1) is 18.9 Å². The lowest BCUT2D eigenvalue weighted by molar-refractivity contribution is 0.0138. The number of hydrogen-bond donors (Lipinski definition) is 3. The number of benzene rings is 2. The topological polar surface area (TPSA) is 103 Å². The smallest absolute Gasteiger partial charge is 0.255 e. The molecule has 1 aliphatic heterocycles. The van der Waals surface area contributed by atoms with Crippen LogP contribution in [-0.4, -0.2) is 63.9 Å². The summed E-state index contributed by atoms with van der Waals surface area (Å²) in [5.41, 5.74) is 6.29. The zero-order valence-corrected chi connectivity index (χ0v) is 19.9. The molecular formula is C27H29N5O3. The van der Waals surface area contributed by atoms with Gasteiger partial charge in [0.1, 0.15) is 11.8 Å². The van der Waals surface area contributed by atoms with Gasteiger partial charge in [-0.3, -0.25) is 14.8 Å². The zero-order valence-electron chi connectivity index (χ0n) is 19.9. The van der Waals surface area contributed by atoms with Crippen molar-refractivity contribution in [3.05, 3.63) is 77.0 Å². The molecule has 1 amide bonds. The molecule has 0 radical (unpaired) electrons. The number of ether oxygens (including phenoxy) is 1. The van der Waals surface area contributed by atoms with Crippen molar-refractivity contribution in [1.82, 2.24) is 20.1 Å². The minimum absolute atomic E-state index is 0.153. The number of pyridine rings is 1. The van der Waals surface area contributed by atoms with E-state index in [9.17, 15) is 9.90 Å². The molecule has 8 heteroatoms. The number of fused-ring (bicyclic) bond motifs is 1. The van der Waals surface area contributed by atoms with E-state index in [1.807, 2.05) is 62.4 Å². The Balaban J connectivity index is 1.37. The van der Waals surface area contributed by atoms with Crippen LogP contribution in [0.25, 0.3) is 22.3 Å². The standard InChI is InChI=1S/C27H29N5O3/c1-17-4-3-5-19(14-17)27(34)28-20-7-6-18(2)22(15-20)23-9-8-21-25(30-31-26(21)29-23)24(33)16-32-10-12-35-13-11-32/h3-9,14-15,24,33H,10-13,16H2,1-2H3,(H,28,34)(H,29,30,31). The fraction of sp³-hybridized carbons (Fsp3) is 0.296. The summed E-state index contributed by atoms with van der Waals surface area (Å²) in [6, 6.07) is 17.2. The molecule has 3 N–H and O–H groups in total. The third-order valence-corrected chi connectivity index (χ3v) is 6.36. The Kier molecular flexibility index (Phi) is 6.59. The lowest BCUT2D eigenvalue weighted by atomic mass is 10.0. The fourth-order valence-corrected chi connectivity index (χ4v) is 4.41. The minimum Gasteiger partial charge on any atom is -0.385 e. The van der Waals surface area contributed by atoms with Crippen molar-refractivity contribution >= 4 is 22.6 Å². The Hall–Kier alpha value is -3.59. The highest BCUT2D eigenvalue weighted by Gasteiger charge is 2.21. The van der Waals surface area contributed by atoms with Gasteiger partial charge in [0.2, 0.25) is 0 Å². The van der Waals surface area contributed by atoms with Gasteiger partial charge in [-0.05, 0) is 55.8 Å². The molecule has 35 heavy (non-hydrogen) atoms. The molecule has 1 aliphatic rings. The number of carbonyl (C=O) groups is 1. The quantitative estimate of drug-likeness (QED) is 0.395. The van der Waals surface area contributed by atoms with Crippen LogP contribution in [0.1, 0.15) is 33.3 Å². The summed E-state index contributed by atoms with van der Waals surface area (Å²) < 4.78 is 5.39.